The molecule has 2 rings (SSSR count). The van der Waals surface area contributed by atoms with Crippen molar-refractivity contribution in [3.8, 4) is 0 Å². The summed E-state index contributed by atoms with van der Waals surface area (Å²) >= 11 is 0. The Bertz CT molecular complexity index is 540. The second-order valence-electron chi connectivity index (χ2n) is 4.97. The van der Waals surface area contributed by atoms with E-state index >= 15 is 0 Å². The highest BCUT2D eigenvalue weighted by molar-refractivity contribution is 7.89. The second-order valence-corrected chi connectivity index (χ2v) is 6.71. The van der Waals surface area contributed by atoms with E-state index in [9.17, 15) is 12.8 Å². The number of benzene rings is 1. The van der Waals surface area contributed by atoms with Crippen LogP contribution in [-0.4, -0.2) is 28.1 Å². The molecule has 106 valence electrons. The van der Waals surface area contributed by atoms with Gasteiger partial charge >= 0.3 is 0 Å². The van der Waals surface area contributed by atoms with Crippen LogP contribution in [0.15, 0.2) is 23.1 Å². The van der Waals surface area contributed by atoms with E-state index < -0.39 is 15.8 Å². The molecule has 1 aliphatic heterocycles. The van der Waals surface area contributed by atoms with Crippen LogP contribution >= 0.6 is 0 Å². The molecule has 0 aliphatic carbocycles. The first-order valence-corrected chi connectivity index (χ1v) is 7.94. The van der Waals surface area contributed by atoms with E-state index in [-0.39, 0.29) is 4.90 Å². The van der Waals surface area contributed by atoms with Crippen molar-refractivity contribution in [3.63, 3.8) is 0 Å². The number of piperidine rings is 1. The molecule has 6 heteroatoms. The lowest BCUT2D eigenvalue weighted by atomic mass is 10.0. The van der Waals surface area contributed by atoms with Gasteiger partial charge in [0.1, 0.15) is 5.82 Å². The minimum Gasteiger partial charge on any atom is -0.316 e. The first kappa shape index (κ1) is 14.4. The predicted molar refractivity (Wildman–Crippen MR) is 71.9 cm³/mol. The van der Waals surface area contributed by atoms with E-state index in [2.05, 4.69) is 10.0 Å². The fraction of sp³-hybridized carbons (Fsp3) is 0.538. The van der Waals surface area contributed by atoms with Crippen LogP contribution in [0.3, 0.4) is 0 Å². The van der Waals surface area contributed by atoms with E-state index in [4.69, 9.17) is 0 Å². The summed E-state index contributed by atoms with van der Waals surface area (Å²) < 4.78 is 40.0. The maximum Gasteiger partial charge on any atom is 0.240 e. The molecule has 0 bridgehead atoms. The predicted octanol–water partition coefficient (Wildman–Crippen LogP) is 1.41. The van der Waals surface area contributed by atoms with Gasteiger partial charge in [0.15, 0.2) is 0 Å². The second kappa shape index (κ2) is 5.98. The van der Waals surface area contributed by atoms with Crippen LogP contribution in [0.4, 0.5) is 4.39 Å². The molecule has 4 nitrogen and oxygen atoms in total. The largest absolute Gasteiger partial charge is 0.316 e. The highest BCUT2D eigenvalue weighted by atomic mass is 32.2. The van der Waals surface area contributed by atoms with Crippen molar-refractivity contribution in [2.45, 2.75) is 24.7 Å². The van der Waals surface area contributed by atoms with Gasteiger partial charge in [-0.25, -0.2) is 17.5 Å². The molecule has 0 aromatic heterocycles. The molecule has 19 heavy (non-hydrogen) atoms. The summed E-state index contributed by atoms with van der Waals surface area (Å²) in [5.74, 6) is -0.234. The zero-order valence-electron chi connectivity index (χ0n) is 10.9. The Balaban J connectivity index is 2.07. The van der Waals surface area contributed by atoms with Gasteiger partial charge in [0.25, 0.3) is 0 Å². The molecular weight excluding hydrogens is 267 g/mol. The van der Waals surface area contributed by atoms with Gasteiger partial charge < -0.3 is 5.32 Å². The molecule has 2 N–H and O–H groups in total. The highest BCUT2D eigenvalue weighted by Gasteiger charge is 2.20. The third-order valence-electron chi connectivity index (χ3n) is 3.40. The summed E-state index contributed by atoms with van der Waals surface area (Å²) in [7, 11) is -3.63. The van der Waals surface area contributed by atoms with Crippen molar-refractivity contribution >= 4 is 10.0 Å². The van der Waals surface area contributed by atoms with Crippen molar-refractivity contribution in [1.82, 2.24) is 10.0 Å². The van der Waals surface area contributed by atoms with Gasteiger partial charge in [0, 0.05) is 6.54 Å². The number of rotatable bonds is 4. The Morgan fingerprint density at radius 2 is 2.26 bits per heavy atom. The van der Waals surface area contributed by atoms with Gasteiger partial charge in [-0.1, -0.05) is 6.07 Å². The van der Waals surface area contributed by atoms with Crippen molar-refractivity contribution in [2.75, 3.05) is 19.6 Å². The third-order valence-corrected chi connectivity index (χ3v) is 4.97. The summed E-state index contributed by atoms with van der Waals surface area (Å²) in [6.07, 6.45) is 2.07. The van der Waals surface area contributed by atoms with Gasteiger partial charge in [-0.15, -0.1) is 0 Å². The van der Waals surface area contributed by atoms with Gasteiger partial charge in [-0.3, -0.25) is 0 Å². The lowest BCUT2D eigenvalue weighted by Crippen LogP contribution is -2.38. The molecule has 1 saturated heterocycles. The van der Waals surface area contributed by atoms with Gasteiger partial charge in [-0.2, -0.15) is 0 Å². The third kappa shape index (κ3) is 3.75. The van der Waals surface area contributed by atoms with E-state index in [1.54, 1.807) is 6.92 Å². The summed E-state index contributed by atoms with van der Waals surface area (Å²) in [5.41, 5.74) is 0.552. The molecule has 0 unspecified atom stereocenters. The Morgan fingerprint density at radius 3 is 2.95 bits per heavy atom. The first-order valence-electron chi connectivity index (χ1n) is 6.45. The van der Waals surface area contributed by atoms with Crippen LogP contribution in [0.25, 0.3) is 0 Å². The minimum atomic E-state index is -3.63. The molecule has 0 amide bonds. The molecule has 0 spiro atoms. The fourth-order valence-corrected chi connectivity index (χ4v) is 3.64. The summed E-state index contributed by atoms with van der Waals surface area (Å²) in [5, 5.41) is 3.24. The number of sulfonamides is 1. The lowest BCUT2D eigenvalue weighted by Gasteiger charge is -2.23. The topological polar surface area (TPSA) is 58.2 Å². The van der Waals surface area contributed by atoms with Crippen molar-refractivity contribution in [2.24, 2.45) is 5.92 Å². The summed E-state index contributed by atoms with van der Waals surface area (Å²) in [6.45, 7) is 3.87. The van der Waals surface area contributed by atoms with Crippen molar-refractivity contribution in [3.05, 3.63) is 29.6 Å². The summed E-state index contributed by atoms with van der Waals surface area (Å²) in [4.78, 5) is 0.0243. The lowest BCUT2D eigenvalue weighted by molar-refractivity contribution is 0.376. The maximum atomic E-state index is 13.2. The van der Waals surface area contributed by atoms with E-state index in [0.29, 0.717) is 18.0 Å². The van der Waals surface area contributed by atoms with Gasteiger partial charge in [-0.05, 0) is 56.5 Å². The van der Waals surface area contributed by atoms with Crippen LogP contribution in [0.2, 0.25) is 0 Å². The SMILES string of the molecule is Cc1ccc(F)cc1S(=O)(=O)NC[C@@H]1CCCNC1. The number of aryl methyl sites for hydroxylation is 1. The van der Waals surface area contributed by atoms with Crippen molar-refractivity contribution < 1.29 is 12.8 Å². The molecule has 0 radical (unpaired) electrons. The highest BCUT2D eigenvalue weighted by Crippen LogP contribution is 2.17. The Hall–Kier alpha value is -0.980. The van der Waals surface area contributed by atoms with E-state index in [1.807, 2.05) is 0 Å². The Kier molecular flexibility index (Phi) is 4.54. The Labute approximate surface area is 113 Å². The molecular formula is C13H19FN2O2S. The van der Waals surface area contributed by atoms with Crippen LogP contribution in [0.5, 0.6) is 0 Å². The smallest absolute Gasteiger partial charge is 0.240 e. The molecule has 1 atom stereocenters. The molecule has 1 aromatic rings. The zero-order chi connectivity index (χ0) is 13.9. The molecule has 1 aliphatic rings. The fourth-order valence-electron chi connectivity index (χ4n) is 2.27. The monoisotopic (exact) mass is 286 g/mol. The van der Waals surface area contributed by atoms with E-state index in [1.165, 1.54) is 12.1 Å². The van der Waals surface area contributed by atoms with Crippen LogP contribution in [-0.2, 0) is 10.0 Å². The normalized spacial score (nSPS) is 20.4. The molecule has 1 heterocycles. The number of hydrogen-bond acceptors (Lipinski definition) is 3. The van der Waals surface area contributed by atoms with Gasteiger partial charge in [0.05, 0.1) is 4.90 Å². The average molecular weight is 286 g/mol. The standard InChI is InChI=1S/C13H19FN2O2S/c1-10-4-5-12(14)7-13(10)19(17,18)16-9-11-3-2-6-15-8-11/h4-5,7,11,15-16H,2-3,6,8-9H2,1H3/t11-/m1/s1. The number of nitrogens with one attached hydrogen (secondary N) is 2. The average Bonchev–Trinajstić information content (AvgIpc) is 2.40. The summed E-state index contributed by atoms with van der Waals surface area (Å²) in [6, 6.07) is 3.81. The quantitative estimate of drug-likeness (QED) is 0.880. The minimum absolute atomic E-state index is 0.0243. The van der Waals surface area contributed by atoms with Gasteiger partial charge in [0.2, 0.25) is 10.0 Å². The molecule has 1 fully saturated rings. The van der Waals surface area contributed by atoms with Crippen LogP contribution in [0.1, 0.15) is 18.4 Å². The number of halogens is 1. The first-order chi connectivity index (χ1) is 8.99. The van der Waals surface area contributed by atoms with Crippen LogP contribution < -0.4 is 10.0 Å². The molecule has 0 saturated carbocycles. The zero-order valence-corrected chi connectivity index (χ0v) is 11.8. The Morgan fingerprint density at radius 1 is 1.47 bits per heavy atom. The molecule has 1 aromatic carbocycles. The maximum absolute atomic E-state index is 13.2. The number of hydrogen-bond donors (Lipinski definition) is 2. The van der Waals surface area contributed by atoms with Crippen LogP contribution in [0, 0.1) is 18.7 Å². The van der Waals surface area contributed by atoms with Crippen molar-refractivity contribution in [1.29, 1.82) is 0 Å². The van der Waals surface area contributed by atoms with E-state index in [0.717, 1.165) is 32.0 Å².